The van der Waals surface area contributed by atoms with Gasteiger partial charge in [-0.15, -0.1) is 6.42 Å². The Hall–Kier alpha value is -1.46. The summed E-state index contributed by atoms with van der Waals surface area (Å²) >= 11 is 0. The molecule has 2 nitrogen and oxygen atoms in total. The maximum absolute atomic E-state index is 8.50. The van der Waals surface area contributed by atoms with E-state index in [1.54, 1.807) is 18.2 Å². The van der Waals surface area contributed by atoms with Gasteiger partial charge in [0.2, 0.25) is 0 Å². The molecule has 1 rings (SSSR count). The number of terminal acetylenes is 1. The Balaban J connectivity index is 3.12. The van der Waals surface area contributed by atoms with E-state index in [0.29, 0.717) is 11.3 Å². The van der Waals surface area contributed by atoms with Gasteiger partial charge in [-0.25, -0.2) is 0 Å². The van der Waals surface area contributed by atoms with E-state index < -0.39 is 0 Å². The second kappa shape index (κ2) is 2.90. The minimum absolute atomic E-state index is 0.560. The quantitative estimate of drug-likeness (QED) is 0.449. The first kappa shape index (κ1) is 6.66. The second-order valence-electron chi connectivity index (χ2n) is 1.80. The van der Waals surface area contributed by atoms with Gasteiger partial charge in [0.15, 0.2) is 0 Å². The molecule has 0 radical (unpaired) electrons. The molecule has 0 amide bonds. The highest BCUT2D eigenvalue weighted by atomic mass is 16.5. The predicted octanol–water partition coefficient (Wildman–Crippen LogP) is 1.47. The van der Waals surface area contributed by atoms with E-state index in [1.807, 2.05) is 11.5 Å². The van der Waals surface area contributed by atoms with Gasteiger partial charge in [-0.05, 0) is 12.1 Å². The fourth-order valence-electron chi connectivity index (χ4n) is 0.706. The van der Waals surface area contributed by atoms with Crippen molar-refractivity contribution < 1.29 is 5.21 Å². The number of nitrogens with one attached hydrogen (secondary N) is 1. The van der Waals surface area contributed by atoms with Crippen molar-refractivity contribution in [2.75, 3.05) is 5.48 Å². The van der Waals surface area contributed by atoms with Gasteiger partial charge in [-0.1, -0.05) is 18.1 Å². The lowest BCUT2D eigenvalue weighted by atomic mass is 10.2. The molecule has 0 aliphatic heterocycles. The van der Waals surface area contributed by atoms with Gasteiger partial charge < -0.3 is 0 Å². The molecule has 0 saturated carbocycles. The summed E-state index contributed by atoms with van der Waals surface area (Å²) in [6.45, 7) is 0. The highest BCUT2D eigenvalue weighted by molar-refractivity contribution is 5.56. The Bertz CT molecular complexity index is 262. The molecular weight excluding hydrogens is 126 g/mol. The Morgan fingerprint density at radius 2 is 2.10 bits per heavy atom. The number of para-hydroxylation sites is 1. The molecule has 0 spiro atoms. The van der Waals surface area contributed by atoms with Crippen LogP contribution < -0.4 is 5.48 Å². The van der Waals surface area contributed by atoms with Crippen molar-refractivity contribution in [3.05, 3.63) is 29.8 Å². The SMILES string of the molecule is C#Cc1ccccc1NO. The molecule has 1 aromatic carbocycles. The summed E-state index contributed by atoms with van der Waals surface area (Å²) in [4.78, 5) is 0. The average Bonchev–Trinajstić information content (AvgIpc) is 2.04. The summed E-state index contributed by atoms with van der Waals surface area (Å²) in [5, 5.41) is 8.50. The lowest BCUT2D eigenvalue weighted by Gasteiger charge is -1.99. The molecule has 0 saturated heterocycles. The van der Waals surface area contributed by atoms with E-state index in [-0.39, 0.29) is 0 Å². The molecule has 10 heavy (non-hydrogen) atoms. The first-order valence-corrected chi connectivity index (χ1v) is 2.84. The first-order chi connectivity index (χ1) is 4.88. The van der Waals surface area contributed by atoms with Crippen LogP contribution in [-0.4, -0.2) is 5.21 Å². The van der Waals surface area contributed by atoms with Crippen molar-refractivity contribution in [1.29, 1.82) is 0 Å². The van der Waals surface area contributed by atoms with Crippen molar-refractivity contribution in [2.24, 2.45) is 0 Å². The number of benzene rings is 1. The Kier molecular flexibility index (Phi) is 1.93. The van der Waals surface area contributed by atoms with Crippen molar-refractivity contribution in [1.82, 2.24) is 0 Å². The van der Waals surface area contributed by atoms with E-state index in [0.717, 1.165) is 0 Å². The van der Waals surface area contributed by atoms with Crippen LogP contribution in [0.3, 0.4) is 0 Å². The standard InChI is InChI=1S/C8H7NO/c1-2-7-5-3-4-6-8(7)9-10/h1,3-6,9-10H. The van der Waals surface area contributed by atoms with E-state index in [2.05, 4.69) is 5.92 Å². The third-order valence-corrected chi connectivity index (χ3v) is 1.20. The number of hydrogen-bond donors (Lipinski definition) is 2. The normalized spacial score (nSPS) is 8.40. The lowest BCUT2D eigenvalue weighted by Crippen LogP contribution is -1.91. The minimum Gasteiger partial charge on any atom is -0.291 e. The molecule has 2 N–H and O–H groups in total. The lowest BCUT2D eigenvalue weighted by molar-refractivity contribution is 0.389. The van der Waals surface area contributed by atoms with E-state index in [1.165, 1.54) is 0 Å². The third kappa shape index (κ3) is 1.09. The third-order valence-electron chi connectivity index (χ3n) is 1.20. The van der Waals surface area contributed by atoms with Crippen LogP contribution in [0, 0.1) is 12.3 Å². The molecule has 0 atom stereocenters. The van der Waals surface area contributed by atoms with Crippen molar-refractivity contribution in [3.63, 3.8) is 0 Å². The van der Waals surface area contributed by atoms with Gasteiger partial charge in [0.25, 0.3) is 0 Å². The zero-order valence-electron chi connectivity index (χ0n) is 5.33. The monoisotopic (exact) mass is 133 g/mol. The van der Waals surface area contributed by atoms with Crippen LogP contribution in [0.4, 0.5) is 5.69 Å². The molecule has 0 unspecified atom stereocenters. The Labute approximate surface area is 59.5 Å². The topological polar surface area (TPSA) is 32.3 Å². The zero-order chi connectivity index (χ0) is 7.40. The summed E-state index contributed by atoms with van der Waals surface area (Å²) in [5.41, 5.74) is 3.22. The van der Waals surface area contributed by atoms with Crippen LogP contribution >= 0.6 is 0 Å². The highest BCUT2D eigenvalue weighted by Crippen LogP contribution is 2.11. The van der Waals surface area contributed by atoms with Crippen LogP contribution in [-0.2, 0) is 0 Å². The van der Waals surface area contributed by atoms with Crippen LogP contribution in [0.2, 0.25) is 0 Å². The van der Waals surface area contributed by atoms with E-state index in [4.69, 9.17) is 11.6 Å². The van der Waals surface area contributed by atoms with Gasteiger partial charge in [0, 0.05) is 5.56 Å². The molecule has 0 fully saturated rings. The fourth-order valence-corrected chi connectivity index (χ4v) is 0.706. The largest absolute Gasteiger partial charge is 0.291 e. The molecule has 0 aromatic heterocycles. The van der Waals surface area contributed by atoms with Crippen LogP contribution in [0.5, 0.6) is 0 Å². The van der Waals surface area contributed by atoms with Gasteiger partial charge in [-0.2, -0.15) is 0 Å². The number of hydrogen-bond acceptors (Lipinski definition) is 2. The van der Waals surface area contributed by atoms with Crippen LogP contribution in [0.15, 0.2) is 24.3 Å². The smallest absolute Gasteiger partial charge is 0.0758 e. The van der Waals surface area contributed by atoms with Crippen molar-refractivity contribution in [2.45, 2.75) is 0 Å². The van der Waals surface area contributed by atoms with Crippen LogP contribution in [0.1, 0.15) is 5.56 Å². The first-order valence-electron chi connectivity index (χ1n) is 2.84. The average molecular weight is 133 g/mol. The van der Waals surface area contributed by atoms with Crippen molar-refractivity contribution in [3.8, 4) is 12.3 Å². The van der Waals surface area contributed by atoms with Crippen LogP contribution in [0.25, 0.3) is 0 Å². The molecule has 50 valence electrons. The molecule has 0 heterocycles. The predicted molar refractivity (Wildman–Crippen MR) is 39.8 cm³/mol. The Morgan fingerprint density at radius 3 is 2.60 bits per heavy atom. The zero-order valence-corrected chi connectivity index (χ0v) is 5.33. The van der Waals surface area contributed by atoms with E-state index >= 15 is 0 Å². The molecule has 2 heteroatoms. The maximum atomic E-state index is 8.50. The van der Waals surface area contributed by atoms with E-state index in [9.17, 15) is 0 Å². The number of anilines is 1. The molecule has 1 aromatic rings. The maximum Gasteiger partial charge on any atom is 0.0758 e. The molecule has 0 aliphatic rings. The minimum atomic E-state index is 0.560. The second-order valence-corrected chi connectivity index (χ2v) is 1.80. The summed E-state index contributed by atoms with van der Waals surface area (Å²) in [6, 6.07) is 7.06. The summed E-state index contributed by atoms with van der Waals surface area (Å²) in [5.74, 6) is 2.42. The summed E-state index contributed by atoms with van der Waals surface area (Å²) in [7, 11) is 0. The van der Waals surface area contributed by atoms with Gasteiger partial charge in [-0.3, -0.25) is 10.7 Å². The number of rotatable bonds is 1. The van der Waals surface area contributed by atoms with Gasteiger partial charge >= 0.3 is 0 Å². The fraction of sp³-hybridized carbons (Fsp3) is 0. The Morgan fingerprint density at radius 1 is 1.40 bits per heavy atom. The van der Waals surface area contributed by atoms with Gasteiger partial charge in [0.05, 0.1) is 5.69 Å². The summed E-state index contributed by atoms with van der Waals surface area (Å²) in [6.07, 6.45) is 5.13. The van der Waals surface area contributed by atoms with Gasteiger partial charge in [0.1, 0.15) is 0 Å². The highest BCUT2D eigenvalue weighted by Gasteiger charge is 1.93. The molecule has 0 aliphatic carbocycles. The summed E-state index contributed by atoms with van der Waals surface area (Å²) < 4.78 is 0. The van der Waals surface area contributed by atoms with Crippen molar-refractivity contribution >= 4 is 5.69 Å². The molecule has 0 bridgehead atoms. The molecular formula is C8H7NO.